The van der Waals surface area contributed by atoms with Crippen molar-refractivity contribution in [2.45, 2.75) is 23.2 Å². The number of hydrogen-bond donors (Lipinski definition) is 1. The fraction of sp³-hybridized carbons (Fsp3) is 0.455. The van der Waals surface area contributed by atoms with Crippen molar-refractivity contribution in [3.05, 3.63) is 30.3 Å². The first-order chi connectivity index (χ1) is 8.23. The molecule has 0 aromatic heterocycles. The van der Waals surface area contributed by atoms with Crippen molar-refractivity contribution < 1.29 is 21.6 Å². The fourth-order valence-electron chi connectivity index (χ4n) is 1.37. The summed E-state index contributed by atoms with van der Waals surface area (Å²) in [5, 5.41) is 1.18. The van der Waals surface area contributed by atoms with E-state index in [0.717, 1.165) is 0 Å². The van der Waals surface area contributed by atoms with Crippen LogP contribution in [0, 0.1) is 0 Å². The Morgan fingerprint density at radius 2 is 1.78 bits per heavy atom. The van der Waals surface area contributed by atoms with Gasteiger partial charge >= 0.3 is 6.18 Å². The number of alkyl halides is 3. The normalized spacial score (nSPS) is 14.4. The molecule has 1 aromatic rings. The van der Waals surface area contributed by atoms with Gasteiger partial charge in [0.15, 0.2) is 9.84 Å². The summed E-state index contributed by atoms with van der Waals surface area (Å²) in [6, 6.07) is 7.67. The summed E-state index contributed by atoms with van der Waals surface area (Å²) in [5.74, 6) is 0. The van der Waals surface area contributed by atoms with E-state index in [1.807, 2.05) is 0 Å². The molecule has 3 nitrogen and oxygen atoms in total. The van der Waals surface area contributed by atoms with Crippen molar-refractivity contribution in [1.82, 2.24) is 5.32 Å². The zero-order chi connectivity index (χ0) is 13.8. The van der Waals surface area contributed by atoms with Gasteiger partial charge in [-0.15, -0.1) is 0 Å². The van der Waals surface area contributed by atoms with E-state index < -0.39 is 27.8 Å². The van der Waals surface area contributed by atoms with Gasteiger partial charge in [0, 0.05) is 6.54 Å². The van der Waals surface area contributed by atoms with Crippen LogP contribution in [0.25, 0.3) is 0 Å². The van der Waals surface area contributed by atoms with Crippen molar-refractivity contribution in [3.8, 4) is 0 Å². The molecule has 0 bridgehead atoms. The zero-order valence-electron chi connectivity index (χ0n) is 9.74. The Bertz CT molecular complexity index is 471. The van der Waals surface area contributed by atoms with Gasteiger partial charge in [0.05, 0.1) is 16.7 Å². The molecule has 1 aromatic carbocycles. The summed E-state index contributed by atoms with van der Waals surface area (Å²) in [4.78, 5) is 0.117. The minimum absolute atomic E-state index is 0.117. The highest BCUT2D eigenvalue weighted by molar-refractivity contribution is 7.92. The Balaban J connectivity index is 2.64. The van der Waals surface area contributed by atoms with Crippen LogP contribution in [0.15, 0.2) is 35.2 Å². The van der Waals surface area contributed by atoms with Gasteiger partial charge in [-0.1, -0.05) is 18.2 Å². The van der Waals surface area contributed by atoms with Crippen molar-refractivity contribution in [2.75, 3.05) is 13.1 Å². The van der Waals surface area contributed by atoms with Crippen LogP contribution in [0.5, 0.6) is 0 Å². The molecule has 0 aliphatic carbocycles. The zero-order valence-corrected chi connectivity index (χ0v) is 10.6. The number of nitrogens with one attached hydrogen (secondary N) is 1. The monoisotopic (exact) mass is 281 g/mol. The average molecular weight is 281 g/mol. The molecule has 1 rings (SSSR count). The van der Waals surface area contributed by atoms with Gasteiger partial charge in [0.25, 0.3) is 0 Å². The molecule has 0 saturated carbocycles. The SMILES string of the molecule is CC(CNCC(F)(F)F)S(=O)(=O)c1ccccc1. The molecule has 0 aliphatic heterocycles. The number of benzene rings is 1. The molecule has 0 heterocycles. The quantitative estimate of drug-likeness (QED) is 0.898. The first-order valence-corrected chi connectivity index (χ1v) is 6.84. The van der Waals surface area contributed by atoms with Crippen LogP contribution in [0.4, 0.5) is 13.2 Å². The van der Waals surface area contributed by atoms with E-state index in [9.17, 15) is 21.6 Å². The third kappa shape index (κ3) is 4.30. The van der Waals surface area contributed by atoms with Gasteiger partial charge in [-0.25, -0.2) is 8.42 Å². The van der Waals surface area contributed by atoms with E-state index in [2.05, 4.69) is 5.32 Å². The highest BCUT2D eigenvalue weighted by atomic mass is 32.2. The summed E-state index contributed by atoms with van der Waals surface area (Å²) >= 11 is 0. The van der Waals surface area contributed by atoms with Crippen LogP contribution in [0.3, 0.4) is 0 Å². The molecule has 7 heteroatoms. The van der Waals surface area contributed by atoms with E-state index in [4.69, 9.17) is 0 Å². The van der Waals surface area contributed by atoms with Crippen LogP contribution >= 0.6 is 0 Å². The predicted octanol–water partition coefficient (Wildman–Crippen LogP) is 2.00. The lowest BCUT2D eigenvalue weighted by molar-refractivity contribution is -0.124. The van der Waals surface area contributed by atoms with E-state index in [-0.39, 0.29) is 11.4 Å². The lowest BCUT2D eigenvalue weighted by atomic mass is 10.4. The number of sulfone groups is 1. The van der Waals surface area contributed by atoms with Crippen LogP contribution in [-0.2, 0) is 9.84 Å². The van der Waals surface area contributed by atoms with Crippen LogP contribution < -0.4 is 5.32 Å². The second-order valence-corrected chi connectivity index (χ2v) is 6.28. The molecule has 0 spiro atoms. The molecule has 1 N–H and O–H groups in total. The molecule has 0 fully saturated rings. The van der Waals surface area contributed by atoms with Crippen molar-refractivity contribution in [2.24, 2.45) is 0 Å². The Morgan fingerprint density at radius 1 is 1.22 bits per heavy atom. The third-order valence-corrected chi connectivity index (χ3v) is 4.51. The highest BCUT2D eigenvalue weighted by Crippen LogP contribution is 2.16. The largest absolute Gasteiger partial charge is 0.401 e. The maximum absolute atomic E-state index is 12.0. The van der Waals surface area contributed by atoms with Crippen molar-refractivity contribution in [3.63, 3.8) is 0 Å². The number of rotatable bonds is 5. The Morgan fingerprint density at radius 3 is 2.28 bits per heavy atom. The highest BCUT2D eigenvalue weighted by Gasteiger charge is 2.28. The molecule has 0 radical (unpaired) electrons. The van der Waals surface area contributed by atoms with E-state index in [0.29, 0.717) is 0 Å². The summed E-state index contributed by atoms with van der Waals surface area (Å²) < 4.78 is 59.7. The average Bonchev–Trinajstić information content (AvgIpc) is 2.28. The molecule has 1 unspecified atom stereocenters. The fourth-order valence-corrected chi connectivity index (χ4v) is 2.71. The molecular weight excluding hydrogens is 267 g/mol. The minimum atomic E-state index is -4.34. The summed E-state index contributed by atoms with van der Waals surface area (Å²) in [6.07, 6.45) is -4.34. The molecular formula is C11H14F3NO2S. The second kappa shape index (κ2) is 5.71. The number of hydrogen-bond acceptors (Lipinski definition) is 3. The number of halogens is 3. The van der Waals surface area contributed by atoms with Gasteiger partial charge < -0.3 is 5.32 Å². The van der Waals surface area contributed by atoms with Crippen molar-refractivity contribution in [1.29, 1.82) is 0 Å². The van der Waals surface area contributed by atoms with Gasteiger partial charge in [0.2, 0.25) is 0 Å². The first-order valence-electron chi connectivity index (χ1n) is 5.30. The second-order valence-electron chi connectivity index (χ2n) is 3.91. The van der Waals surface area contributed by atoms with Gasteiger partial charge in [-0.05, 0) is 19.1 Å². The van der Waals surface area contributed by atoms with Crippen LogP contribution in [0.2, 0.25) is 0 Å². The van der Waals surface area contributed by atoms with Gasteiger partial charge in [-0.3, -0.25) is 0 Å². The predicted molar refractivity (Wildman–Crippen MR) is 62.0 cm³/mol. The lowest BCUT2D eigenvalue weighted by Gasteiger charge is -2.14. The molecule has 0 saturated heterocycles. The maximum Gasteiger partial charge on any atom is 0.401 e. The molecule has 18 heavy (non-hydrogen) atoms. The summed E-state index contributed by atoms with van der Waals surface area (Å²) in [5.41, 5.74) is 0. The summed E-state index contributed by atoms with van der Waals surface area (Å²) in [7, 11) is -3.59. The molecule has 0 aliphatic rings. The molecule has 1 atom stereocenters. The Kier molecular flexibility index (Phi) is 4.75. The topological polar surface area (TPSA) is 46.2 Å². The molecule has 0 amide bonds. The minimum Gasteiger partial charge on any atom is -0.307 e. The lowest BCUT2D eigenvalue weighted by Crippen LogP contribution is -2.36. The van der Waals surface area contributed by atoms with Gasteiger partial charge in [0.1, 0.15) is 0 Å². The van der Waals surface area contributed by atoms with Crippen LogP contribution in [-0.4, -0.2) is 32.9 Å². The van der Waals surface area contributed by atoms with Crippen molar-refractivity contribution >= 4 is 9.84 Å². The van der Waals surface area contributed by atoms with Gasteiger partial charge in [-0.2, -0.15) is 13.2 Å². The van der Waals surface area contributed by atoms with E-state index >= 15 is 0 Å². The smallest absolute Gasteiger partial charge is 0.307 e. The first kappa shape index (κ1) is 15.0. The molecule has 102 valence electrons. The van der Waals surface area contributed by atoms with E-state index in [1.54, 1.807) is 18.2 Å². The third-order valence-electron chi connectivity index (χ3n) is 2.36. The van der Waals surface area contributed by atoms with Crippen LogP contribution in [0.1, 0.15) is 6.92 Å². The maximum atomic E-state index is 12.0. The Labute approximate surface area is 104 Å². The Hall–Kier alpha value is -1.08. The standard InChI is InChI=1S/C11H14F3NO2S/c1-9(7-15-8-11(12,13)14)18(16,17)10-5-3-2-4-6-10/h2-6,9,15H,7-8H2,1H3. The summed E-state index contributed by atoms with van der Waals surface area (Å²) in [6.45, 7) is -0.0515. The van der Waals surface area contributed by atoms with E-state index in [1.165, 1.54) is 19.1 Å².